The van der Waals surface area contributed by atoms with Crippen LogP contribution in [-0.2, 0) is 6.18 Å². The van der Waals surface area contributed by atoms with Crippen LogP contribution in [0.25, 0.3) is 0 Å². The Kier molecular flexibility index (Phi) is 6.28. The fourth-order valence-electron chi connectivity index (χ4n) is 2.86. The Morgan fingerprint density at radius 3 is 2.50 bits per heavy atom. The average molecular weight is 372 g/mol. The molecule has 3 N–H and O–H groups in total. The van der Waals surface area contributed by atoms with Crippen molar-refractivity contribution in [2.75, 3.05) is 11.9 Å². The highest BCUT2D eigenvalue weighted by atomic mass is 19.4. The first kappa shape index (κ1) is 20.2. The van der Waals surface area contributed by atoms with Gasteiger partial charge in [0, 0.05) is 11.4 Å². The van der Waals surface area contributed by atoms with E-state index in [0.29, 0.717) is 18.9 Å². The topological polar surface area (TPSA) is 48.5 Å². The fraction of sp³-hybridized carbons (Fsp3) is 0.500. The van der Waals surface area contributed by atoms with E-state index in [-0.39, 0.29) is 5.69 Å². The van der Waals surface area contributed by atoms with Gasteiger partial charge < -0.3 is 10.6 Å². The number of halogens is 4. The molecule has 1 heterocycles. The van der Waals surface area contributed by atoms with E-state index in [1.54, 1.807) is 0 Å². The summed E-state index contributed by atoms with van der Waals surface area (Å²) in [4.78, 5) is 4.60. The van der Waals surface area contributed by atoms with Crippen LogP contribution in [0.3, 0.4) is 0 Å². The average Bonchev–Trinajstić information content (AvgIpc) is 2.56. The highest BCUT2D eigenvalue weighted by molar-refractivity contribution is 5.95. The van der Waals surface area contributed by atoms with Crippen LogP contribution in [0.2, 0.25) is 0 Å². The Morgan fingerprint density at radius 2 is 1.92 bits per heavy atom. The van der Waals surface area contributed by atoms with Crippen molar-refractivity contribution in [3.8, 4) is 0 Å². The number of alkyl halides is 3. The summed E-state index contributed by atoms with van der Waals surface area (Å²) in [5.41, 5.74) is -0.883. The zero-order chi connectivity index (χ0) is 19.4. The second-order valence-electron chi connectivity index (χ2n) is 6.13. The summed E-state index contributed by atoms with van der Waals surface area (Å²) in [6.45, 7) is 6.67. The van der Waals surface area contributed by atoms with Crippen LogP contribution in [0.4, 0.5) is 23.2 Å². The van der Waals surface area contributed by atoms with Crippen LogP contribution in [0.1, 0.15) is 45.6 Å². The molecular formula is C18H24F4N4. The highest BCUT2D eigenvalue weighted by Gasteiger charge is 2.34. The monoisotopic (exact) mass is 372 g/mol. The van der Waals surface area contributed by atoms with Crippen LogP contribution in [0.5, 0.6) is 0 Å². The van der Waals surface area contributed by atoms with Gasteiger partial charge >= 0.3 is 6.18 Å². The van der Waals surface area contributed by atoms with Crippen LogP contribution in [-0.4, -0.2) is 18.2 Å². The van der Waals surface area contributed by atoms with Crippen molar-refractivity contribution in [3.63, 3.8) is 0 Å². The minimum absolute atomic E-state index is 0.115. The molecule has 2 rings (SSSR count). The fourth-order valence-corrected chi connectivity index (χ4v) is 2.86. The molecule has 1 aromatic rings. The smallest absolute Gasteiger partial charge is 0.330 e. The lowest BCUT2D eigenvalue weighted by Gasteiger charge is -2.33. The van der Waals surface area contributed by atoms with Gasteiger partial charge in [-0.05, 0) is 43.7 Å². The second kappa shape index (κ2) is 8.07. The standard InChI is InChI=1S/C18H24F4N4/c1-4-7-13-11-17(5-2,23-6-3)26-16(25-13)24-12-8-9-15(19)14(10-12)18(20,21)22/h8-11,23H,4-7H2,1-3H3,(H2,24,25,26). The van der Waals surface area contributed by atoms with E-state index in [1.807, 2.05) is 26.8 Å². The van der Waals surface area contributed by atoms with Gasteiger partial charge in [0.1, 0.15) is 11.5 Å². The first-order valence-corrected chi connectivity index (χ1v) is 8.70. The van der Waals surface area contributed by atoms with Crippen molar-refractivity contribution >= 4 is 11.6 Å². The van der Waals surface area contributed by atoms with Crippen molar-refractivity contribution in [1.82, 2.24) is 10.6 Å². The quantitative estimate of drug-likeness (QED) is 0.639. The van der Waals surface area contributed by atoms with Crippen LogP contribution in [0.15, 0.2) is 35.0 Å². The molecule has 0 spiro atoms. The minimum Gasteiger partial charge on any atom is -0.330 e. The summed E-state index contributed by atoms with van der Waals surface area (Å²) in [5, 5.41) is 9.27. The maximum atomic E-state index is 13.5. The molecular weight excluding hydrogens is 348 g/mol. The first-order chi connectivity index (χ1) is 12.2. The minimum atomic E-state index is -4.76. The molecule has 0 amide bonds. The van der Waals surface area contributed by atoms with E-state index in [0.717, 1.165) is 30.7 Å². The number of anilines is 1. The number of nitrogens with zero attached hydrogens (tertiary/aromatic N) is 1. The Morgan fingerprint density at radius 1 is 1.19 bits per heavy atom. The number of allylic oxidation sites excluding steroid dienone is 1. The van der Waals surface area contributed by atoms with Gasteiger partial charge in [0.05, 0.1) is 5.56 Å². The van der Waals surface area contributed by atoms with Crippen molar-refractivity contribution in [1.29, 1.82) is 0 Å². The zero-order valence-electron chi connectivity index (χ0n) is 15.1. The third kappa shape index (κ3) is 4.75. The number of benzene rings is 1. The van der Waals surface area contributed by atoms with E-state index in [1.165, 1.54) is 6.07 Å². The second-order valence-corrected chi connectivity index (χ2v) is 6.13. The molecule has 1 atom stereocenters. The molecule has 1 aliphatic heterocycles. The Bertz CT molecular complexity index is 697. The van der Waals surface area contributed by atoms with Gasteiger partial charge in [0.15, 0.2) is 0 Å². The number of likely N-dealkylation sites (N-methyl/N-ethyl adjacent to an activating group) is 1. The maximum Gasteiger partial charge on any atom is 0.419 e. The van der Waals surface area contributed by atoms with Gasteiger partial charge in [0.2, 0.25) is 5.96 Å². The lowest BCUT2D eigenvalue weighted by atomic mass is 10.0. The normalized spacial score (nSPS) is 20.3. The predicted octanol–water partition coefficient (Wildman–Crippen LogP) is 4.62. The van der Waals surface area contributed by atoms with Crippen molar-refractivity contribution in [2.24, 2.45) is 4.99 Å². The van der Waals surface area contributed by atoms with Crippen LogP contribution >= 0.6 is 0 Å². The van der Waals surface area contributed by atoms with E-state index in [9.17, 15) is 17.6 Å². The molecule has 0 fully saturated rings. The largest absolute Gasteiger partial charge is 0.419 e. The molecule has 4 nitrogen and oxygen atoms in total. The zero-order valence-corrected chi connectivity index (χ0v) is 15.1. The van der Waals surface area contributed by atoms with Gasteiger partial charge in [0.25, 0.3) is 0 Å². The Labute approximate surface area is 150 Å². The van der Waals surface area contributed by atoms with Crippen molar-refractivity contribution in [2.45, 2.75) is 51.9 Å². The molecule has 26 heavy (non-hydrogen) atoms. The lowest BCUT2D eigenvalue weighted by Crippen LogP contribution is -2.48. The Hall–Kier alpha value is -2.09. The summed E-state index contributed by atoms with van der Waals surface area (Å²) in [6.07, 6.45) is -0.374. The summed E-state index contributed by atoms with van der Waals surface area (Å²) in [7, 11) is 0. The number of rotatable bonds is 6. The first-order valence-electron chi connectivity index (χ1n) is 8.70. The van der Waals surface area contributed by atoms with Crippen LogP contribution in [0, 0.1) is 5.82 Å². The van der Waals surface area contributed by atoms with Gasteiger partial charge in [-0.1, -0.05) is 27.2 Å². The van der Waals surface area contributed by atoms with Gasteiger partial charge in [-0.3, -0.25) is 5.32 Å². The van der Waals surface area contributed by atoms with Crippen molar-refractivity contribution < 1.29 is 17.6 Å². The molecule has 1 aromatic carbocycles. The third-order valence-electron chi connectivity index (χ3n) is 4.08. The molecule has 0 bridgehead atoms. The molecule has 1 unspecified atom stereocenters. The number of aliphatic imine (C=N–C) groups is 1. The number of nitrogens with one attached hydrogen (secondary N) is 3. The number of guanidine groups is 1. The van der Waals surface area contributed by atoms with Gasteiger partial charge in [-0.2, -0.15) is 13.2 Å². The lowest BCUT2D eigenvalue weighted by molar-refractivity contribution is -0.139. The Balaban J connectivity index is 2.33. The van der Waals surface area contributed by atoms with E-state index in [4.69, 9.17) is 0 Å². The summed E-state index contributed by atoms with van der Waals surface area (Å²) in [5.74, 6) is -0.970. The highest BCUT2D eigenvalue weighted by Crippen LogP contribution is 2.33. The summed E-state index contributed by atoms with van der Waals surface area (Å²) < 4.78 is 52.2. The van der Waals surface area contributed by atoms with Crippen molar-refractivity contribution in [3.05, 3.63) is 41.4 Å². The molecule has 8 heteroatoms. The molecule has 0 saturated carbocycles. The summed E-state index contributed by atoms with van der Waals surface area (Å²) >= 11 is 0. The van der Waals surface area contributed by atoms with Crippen LogP contribution < -0.4 is 16.0 Å². The van der Waals surface area contributed by atoms with E-state index >= 15 is 0 Å². The molecule has 0 saturated heterocycles. The molecule has 1 aliphatic rings. The van der Waals surface area contributed by atoms with Gasteiger partial charge in [-0.15, -0.1) is 0 Å². The van der Waals surface area contributed by atoms with E-state index in [2.05, 4.69) is 20.9 Å². The van der Waals surface area contributed by atoms with E-state index < -0.39 is 23.2 Å². The maximum absolute atomic E-state index is 13.5. The third-order valence-corrected chi connectivity index (χ3v) is 4.08. The predicted molar refractivity (Wildman–Crippen MR) is 95.3 cm³/mol. The number of hydrogen-bond donors (Lipinski definition) is 3. The SMILES string of the molecule is CCCC1=CC(CC)(NCC)N=C(Nc2ccc(F)c(C(F)(F)F)c2)N1. The number of hydrogen-bond acceptors (Lipinski definition) is 4. The molecule has 144 valence electrons. The molecule has 0 aromatic heterocycles. The summed E-state index contributed by atoms with van der Waals surface area (Å²) in [6, 6.07) is 2.81. The molecule has 0 aliphatic carbocycles. The van der Waals surface area contributed by atoms with Gasteiger partial charge in [-0.25, -0.2) is 9.38 Å². The molecule has 0 radical (unpaired) electrons.